The molecule has 8 heteroatoms. The van der Waals surface area contributed by atoms with E-state index in [2.05, 4.69) is 52.2 Å². The van der Waals surface area contributed by atoms with Gasteiger partial charge in [-0.05, 0) is 93.9 Å². The van der Waals surface area contributed by atoms with Crippen molar-refractivity contribution in [2.24, 2.45) is 0 Å². The van der Waals surface area contributed by atoms with Crippen LogP contribution in [0.3, 0.4) is 0 Å². The number of hydrogen-bond acceptors (Lipinski definition) is 4. The molecule has 1 N–H and O–H groups in total. The topological polar surface area (TPSA) is 67.9 Å². The van der Waals surface area contributed by atoms with E-state index in [0.29, 0.717) is 41.0 Å². The summed E-state index contributed by atoms with van der Waals surface area (Å²) in [5, 5.41) is 5.47. The fraction of sp³-hybridized carbons (Fsp3) is 0.103. The maximum Gasteiger partial charge on any atom is 0.333 e. The molecule has 0 bridgehead atoms. The summed E-state index contributed by atoms with van der Waals surface area (Å²) in [4.78, 5) is 26.6. The third kappa shape index (κ3) is 5.28. The lowest BCUT2D eigenvalue weighted by molar-refractivity contribution is -0.113. The molecule has 0 aromatic heterocycles. The summed E-state index contributed by atoms with van der Waals surface area (Å²) in [6, 6.07) is 24.0. The molecule has 0 unspecified atom stereocenters. The average molecular weight is 625 g/mol. The van der Waals surface area contributed by atoms with Crippen molar-refractivity contribution in [3.8, 4) is 11.5 Å². The van der Waals surface area contributed by atoms with Gasteiger partial charge in [-0.25, -0.2) is 9.69 Å². The van der Waals surface area contributed by atoms with Crippen LogP contribution in [0.2, 0.25) is 5.02 Å². The van der Waals surface area contributed by atoms with E-state index in [1.165, 1.54) is 0 Å². The highest BCUT2D eigenvalue weighted by Gasteiger charge is 2.34. The summed E-state index contributed by atoms with van der Waals surface area (Å²) in [5.74, 6) is 0.742. The minimum absolute atomic E-state index is 0.169. The van der Waals surface area contributed by atoms with Crippen molar-refractivity contribution >= 4 is 68.7 Å². The summed E-state index contributed by atoms with van der Waals surface area (Å²) < 4.78 is 13.0. The zero-order valence-electron chi connectivity index (χ0n) is 19.8. The van der Waals surface area contributed by atoms with E-state index in [9.17, 15) is 9.59 Å². The summed E-state index contributed by atoms with van der Waals surface area (Å²) >= 11 is 8.13. The van der Waals surface area contributed by atoms with Gasteiger partial charge in [-0.1, -0.05) is 54.1 Å². The number of imide groups is 1. The Morgan fingerprint density at radius 1 is 0.973 bits per heavy atom. The van der Waals surface area contributed by atoms with E-state index in [1.807, 2.05) is 37.3 Å². The first kappa shape index (κ1) is 25.1. The maximum absolute atomic E-state index is 13.0. The zero-order chi connectivity index (χ0) is 25.9. The molecule has 0 atom stereocenters. The van der Waals surface area contributed by atoms with Crippen molar-refractivity contribution in [3.05, 3.63) is 104 Å². The lowest BCUT2D eigenvalue weighted by atomic mass is 10.1. The molecule has 3 amide bonds. The number of halogens is 2. The largest absolute Gasteiger partial charge is 0.490 e. The second-order valence-corrected chi connectivity index (χ2v) is 9.89. The summed E-state index contributed by atoms with van der Waals surface area (Å²) in [6.45, 7) is 2.72. The van der Waals surface area contributed by atoms with Gasteiger partial charge in [0, 0.05) is 5.02 Å². The van der Waals surface area contributed by atoms with E-state index in [4.69, 9.17) is 21.1 Å². The molecule has 0 spiro atoms. The monoisotopic (exact) mass is 624 g/mol. The molecular weight excluding hydrogens is 603 g/mol. The third-order valence-corrected chi connectivity index (χ3v) is 6.91. The number of rotatable bonds is 7. The Morgan fingerprint density at radius 3 is 2.51 bits per heavy atom. The molecule has 1 fully saturated rings. The van der Waals surface area contributed by atoms with Gasteiger partial charge in [0.05, 0.1) is 15.9 Å². The molecule has 0 radical (unpaired) electrons. The number of urea groups is 1. The van der Waals surface area contributed by atoms with Crippen LogP contribution in [-0.2, 0) is 11.4 Å². The number of carbonyl (C=O) groups excluding carboxylic acids is 2. The van der Waals surface area contributed by atoms with Crippen molar-refractivity contribution in [3.63, 3.8) is 0 Å². The van der Waals surface area contributed by atoms with Crippen LogP contribution < -0.4 is 19.7 Å². The summed E-state index contributed by atoms with van der Waals surface area (Å²) in [5.41, 5.74) is 2.38. The van der Waals surface area contributed by atoms with Gasteiger partial charge in [0.25, 0.3) is 5.91 Å². The Hall–Kier alpha value is -3.56. The van der Waals surface area contributed by atoms with Crippen LogP contribution >= 0.6 is 34.2 Å². The zero-order valence-corrected chi connectivity index (χ0v) is 22.7. The lowest BCUT2D eigenvalue weighted by Gasteiger charge is -2.16. The van der Waals surface area contributed by atoms with Crippen molar-refractivity contribution in [1.82, 2.24) is 5.32 Å². The van der Waals surface area contributed by atoms with Crippen molar-refractivity contribution in [2.75, 3.05) is 11.5 Å². The van der Waals surface area contributed by atoms with E-state index in [-0.39, 0.29) is 5.70 Å². The van der Waals surface area contributed by atoms with E-state index >= 15 is 0 Å². The van der Waals surface area contributed by atoms with Crippen molar-refractivity contribution < 1.29 is 19.1 Å². The number of amides is 3. The number of ether oxygens (including phenoxy) is 2. The molecule has 186 valence electrons. The van der Waals surface area contributed by atoms with Gasteiger partial charge >= 0.3 is 6.03 Å². The smallest absolute Gasteiger partial charge is 0.333 e. The van der Waals surface area contributed by atoms with E-state index in [0.717, 1.165) is 24.8 Å². The molecule has 1 aliphatic rings. The van der Waals surface area contributed by atoms with E-state index < -0.39 is 11.9 Å². The van der Waals surface area contributed by atoms with Gasteiger partial charge < -0.3 is 14.8 Å². The van der Waals surface area contributed by atoms with Crippen molar-refractivity contribution in [1.29, 1.82) is 0 Å². The van der Waals surface area contributed by atoms with E-state index in [1.54, 1.807) is 30.3 Å². The molecule has 1 heterocycles. The first-order valence-corrected chi connectivity index (χ1v) is 13.1. The number of fused-ring (bicyclic) bond motifs is 1. The highest BCUT2D eigenvalue weighted by molar-refractivity contribution is 14.1. The van der Waals surface area contributed by atoms with Gasteiger partial charge in [0.1, 0.15) is 12.3 Å². The minimum atomic E-state index is -0.520. The molecule has 6 nitrogen and oxygen atoms in total. The molecule has 1 aliphatic heterocycles. The predicted molar refractivity (Wildman–Crippen MR) is 154 cm³/mol. The highest BCUT2D eigenvalue weighted by Crippen LogP contribution is 2.36. The standard InChI is InChI=1S/C29H22ClIN2O4/c1-2-36-26-16-18(15-25-28(34)33(29(35)32-25)22-12-10-21(30)11-13-22)14-24(31)27(26)37-17-20-8-5-7-19-6-3-4-9-23(19)20/h3-16H,2,17H2,1H3,(H,32,35)/b25-15+. The number of nitrogens with zero attached hydrogens (tertiary/aromatic N) is 1. The Balaban J connectivity index is 1.42. The quantitative estimate of drug-likeness (QED) is 0.135. The predicted octanol–water partition coefficient (Wildman–Crippen LogP) is 7.17. The SMILES string of the molecule is CCOc1cc(/C=C2/NC(=O)N(c3ccc(Cl)cc3)C2=O)cc(I)c1OCc1cccc2ccccc12. The molecule has 5 rings (SSSR count). The van der Waals surface area contributed by atoms with Gasteiger partial charge in [0.2, 0.25) is 0 Å². The minimum Gasteiger partial charge on any atom is -0.490 e. The summed E-state index contributed by atoms with van der Waals surface area (Å²) in [6.07, 6.45) is 1.63. The fourth-order valence-electron chi connectivity index (χ4n) is 4.17. The number of nitrogens with one attached hydrogen (secondary N) is 1. The van der Waals surface area contributed by atoms with Crippen LogP contribution in [0.25, 0.3) is 16.8 Å². The average Bonchev–Trinajstić information content (AvgIpc) is 3.16. The van der Waals surface area contributed by atoms with Crippen LogP contribution in [0.15, 0.2) is 84.6 Å². The first-order valence-electron chi connectivity index (χ1n) is 11.6. The van der Waals surface area contributed by atoms with Gasteiger partial charge in [-0.15, -0.1) is 0 Å². The molecule has 1 saturated heterocycles. The molecule has 37 heavy (non-hydrogen) atoms. The normalized spacial score (nSPS) is 14.4. The number of anilines is 1. The van der Waals surface area contributed by atoms with Crippen LogP contribution in [0.5, 0.6) is 11.5 Å². The van der Waals surface area contributed by atoms with Crippen molar-refractivity contribution in [2.45, 2.75) is 13.5 Å². The Labute approximate surface area is 233 Å². The Morgan fingerprint density at radius 2 is 1.73 bits per heavy atom. The Kier molecular flexibility index (Phi) is 7.34. The molecule has 0 saturated carbocycles. The van der Waals surface area contributed by atoms with Crippen LogP contribution in [-0.4, -0.2) is 18.5 Å². The second-order valence-electron chi connectivity index (χ2n) is 8.30. The van der Waals surface area contributed by atoms with Crippen LogP contribution in [0.4, 0.5) is 10.5 Å². The molecule has 4 aromatic rings. The number of carbonyl (C=O) groups is 2. The maximum atomic E-state index is 13.0. The van der Waals surface area contributed by atoms with Gasteiger partial charge in [-0.3, -0.25) is 4.79 Å². The second kappa shape index (κ2) is 10.8. The molecular formula is C29H22ClIN2O4. The van der Waals surface area contributed by atoms with Gasteiger partial charge in [-0.2, -0.15) is 0 Å². The number of hydrogen-bond donors (Lipinski definition) is 1. The lowest BCUT2D eigenvalue weighted by Crippen LogP contribution is -2.30. The fourth-order valence-corrected chi connectivity index (χ4v) is 5.08. The third-order valence-electron chi connectivity index (χ3n) is 5.86. The van der Waals surface area contributed by atoms with Crippen LogP contribution in [0, 0.1) is 3.57 Å². The number of benzene rings is 4. The first-order chi connectivity index (χ1) is 17.9. The Bertz CT molecular complexity index is 1530. The van der Waals surface area contributed by atoms with Gasteiger partial charge in [0.15, 0.2) is 11.5 Å². The highest BCUT2D eigenvalue weighted by atomic mass is 127. The molecule has 0 aliphatic carbocycles. The summed E-state index contributed by atoms with van der Waals surface area (Å²) in [7, 11) is 0. The molecule has 4 aromatic carbocycles. The van der Waals surface area contributed by atoms with Crippen LogP contribution in [0.1, 0.15) is 18.1 Å².